The first kappa shape index (κ1) is 15.7. The smallest absolute Gasteiger partial charge is 0.318 e. The van der Waals surface area contributed by atoms with Crippen molar-refractivity contribution >= 4 is 23.2 Å². The van der Waals surface area contributed by atoms with E-state index in [9.17, 15) is 0 Å². The molecule has 0 aromatic carbocycles. The van der Waals surface area contributed by atoms with Gasteiger partial charge < -0.3 is 14.5 Å². The molecule has 1 fully saturated rings. The molecular weight excluding hydrogens is 316 g/mol. The highest BCUT2D eigenvalue weighted by Gasteiger charge is 2.20. The molecule has 0 saturated carbocycles. The van der Waals surface area contributed by atoms with Crippen molar-refractivity contribution in [2.75, 3.05) is 43.1 Å². The van der Waals surface area contributed by atoms with Crippen LogP contribution in [0.5, 0.6) is 6.01 Å². The van der Waals surface area contributed by atoms with Crippen molar-refractivity contribution in [3.63, 3.8) is 0 Å². The third kappa shape index (κ3) is 3.61. The summed E-state index contributed by atoms with van der Waals surface area (Å²) in [6, 6.07) is 4.32. The Bertz CT molecular complexity index is 666. The SMILES string of the molecule is COc1ncc(Cl)c(N2CCCN(c3ccc(C)nn3)CC2)n1. The molecule has 2 aromatic rings. The van der Waals surface area contributed by atoms with E-state index in [4.69, 9.17) is 16.3 Å². The summed E-state index contributed by atoms with van der Waals surface area (Å²) in [5, 5.41) is 8.94. The van der Waals surface area contributed by atoms with Crippen LogP contribution in [0.15, 0.2) is 18.3 Å². The number of aryl methyl sites for hydroxylation is 1. The van der Waals surface area contributed by atoms with Gasteiger partial charge in [0, 0.05) is 26.2 Å². The van der Waals surface area contributed by atoms with Gasteiger partial charge in [0.25, 0.3) is 0 Å². The van der Waals surface area contributed by atoms with Crippen molar-refractivity contribution in [2.45, 2.75) is 13.3 Å². The minimum absolute atomic E-state index is 0.329. The molecule has 3 rings (SSSR count). The summed E-state index contributed by atoms with van der Waals surface area (Å²) < 4.78 is 5.10. The molecule has 0 aliphatic carbocycles. The molecule has 0 amide bonds. The normalized spacial score (nSPS) is 15.4. The van der Waals surface area contributed by atoms with Crippen LogP contribution in [0.25, 0.3) is 0 Å². The molecule has 0 N–H and O–H groups in total. The Labute approximate surface area is 140 Å². The molecule has 3 heterocycles. The van der Waals surface area contributed by atoms with Crippen molar-refractivity contribution in [2.24, 2.45) is 0 Å². The van der Waals surface area contributed by atoms with E-state index in [-0.39, 0.29) is 0 Å². The number of aromatic nitrogens is 4. The second kappa shape index (κ2) is 6.95. The van der Waals surface area contributed by atoms with Gasteiger partial charge in [-0.25, -0.2) is 4.98 Å². The highest BCUT2D eigenvalue weighted by Crippen LogP contribution is 2.26. The number of nitrogens with zero attached hydrogens (tertiary/aromatic N) is 6. The number of hydrogen-bond acceptors (Lipinski definition) is 7. The minimum atomic E-state index is 0.329. The molecule has 0 atom stereocenters. The quantitative estimate of drug-likeness (QED) is 0.849. The van der Waals surface area contributed by atoms with Crippen LogP contribution in [0.2, 0.25) is 5.02 Å². The largest absolute Gasteiger partial charge is 0.467 e. The molecule has 8 heteroatoms. The average molecular weight is 335 g/mol. The molecule has 1 aliphatic rings. The second-order valence-electron chi connectivity index (χ2n) is 5.39. The van der Waals surface area contributed by atoms with Crippen LogP contribution >= 0.6 is 11.6 Å². The lowest BCUT2D eigenvalue weighted by Crippen LogP contribution is -2.32. The van der Waals surface area contributed by atoms with Gasteiger partial charge in [0.15, 0.2) is 11.6 Å². The number of rotatable bonds is 3. The van der Waals surface area contributed by atoms with E-state index in [1.807, 2.05) is 19.1 Å². The molecule has 23 heavy (non-hydrogen) atoms. The highest BCUT2D eigenvalue weighted by molar-refractivity contribution is 6.32. The zero-order valence-corrected chi connectivity index (χ0v) is 14.0. The second-order valence-corrected chi connectivity index (χ2v) is 5.80. The van der Waals surface area contributed by atoms with Crippen molar-refractivity contribution in [1.82, 2.24) is 20.2 Å². The van der Waals surface area contributed by atoms with Crippen LogP contribution < -0.4 is 14.5 Å². The maximum absolute atomic E-state index is 6.25. The van der Waals surface area contributed by atoms with E-state index < -0.39 is 0 Å². The zero-order chi connectivity index (χ0) is 16.2. The summed E-state index contributed by atoms with van der Waals surface area (Å²) in [6.07, 6.45) is 2.56. The average Bonchev–Trinajstić information content (AvgIpc) is 2.82. The van der Waals surface area contributed by atoms with Crippen molar-refractivity contribution in [1.29, 1.82) is 0 Å². The van der Waals surface area contributed by atoms with Crippen LogP contribution in [-0.2, 0) is 0 Å². The lowest BCUT2D eigenvalue weighted by molar-refractivity contribution is 0.379. The van der Waals surface area contributed by atoms with Gasteiger partial charge in [0.1, 0.15) is 5.02 Å². The summed E-state index contributed by atoms with van der Waals surface area (Å²) in [5.74, 6) is 1.62. The van der Waals surface area contributed by atoms with Gasteiger partial charge in [-0.1, -0.05) is 11.6 Å². The van der Waals surface area contributed by atoms with Gasteiger partial charge in [-0.05, 0) is 25.5 Å². The van der Waals surface area contributed by atoms with Gasteiger partial charge in [-0.2, -0.15) is 10.1 Å². The third-order valence-corrected chi connectivity index (χ3v) is 4.06. The Morgan fingerprint density at radius 1 is 1.09 bits per heavy atom. The van der Waals surface area contributed by atoms with Crippen LogP contribution in [0.1, 0.15) is 12.1 Å². The maximum atomic E-state index is 6.25. The van der Waals surface area contributed by atoms with Gasteiger partial charge in [-0.15, -0.1) is 5.10 Å². The first-order valence-corrected chi connectivity index (χ1v) is 7.92. The number of methoxy groups -OCH3 is 1. The molecule has 7 nitrogen and oxygen atoms in total. The third-order valence-electron chi connectivity index (χ3n) is 3.79. The lowest BCUT2D eigenvalue weighted by atomic mass is 10.3. The summed E-state index contributed by atoms with van der Waals surface area (Å²) in [6.45, 7) is 5.37. The fourth-order valence-electron chi connectivity index (χ4n) is 2.58. The summed E-state index contributed by atoms with van der Waals surface area (Å²) >= 11 is 6.25. The molecule has 0 radical (unpaired) electrons. The minimum Gasteiger partial charge on any atom is -0.467 e. The lowest BCUT2D eigenvalue weighted by Gasteiger charge is -2.23. The molecule has 2 aromatic heterocycles. The first-order chi connectivity index (χ1) is 11.2. The van der Waals surface area contributed by atoms with Crippen molar-refractivity contribution in [3.8, 4) is 6.01 Å². The fraction of sp³-hybridized carbons (Fsp3) is 0.467. The van der Waals surface area contributed by atoms with Crippen LogP contribution in [0.3, 0.4) is 0 Å². The van der Waals surface area contributed by atoms with Gasteiger partial charge in [0.2, 0.25) is 0 Å². The monoisotopic (exact) mass is 334 g/mol. The van der Waals surface area contributed by atoms with E-state index >= 15 is 0 Å². The molecule has 0 unspecified atom stereocenters. The van der Waals surface area contributed by atoms with E-state index in [1.54, 1.807) is 13.3 Å². The Balaban J connectivity index is 1.74. The zero-order valence-electron chi connectivity index (χ0n) is 13.2. The van der Waals surface area contributed by atoms with Gasteiger partial charge in [-0.3, -0.25) is 0 Å². The number of anilines is 2. The standard InChI is InChI=1S/C15H19ClN6O/c1-11-4-5-13(20-19-11)21-6-3-7-22(9-8-21)14-12(16)10-17-15(18-14)23-2/h4-5,10H,3,6-9H2,1-2H3. The molecule has 0 spiro atoms. The Morgan fingerprint density at radius 2 is 1.87 bits per heavy atom. The Morgan fingerprint density at radius 3 is 2.61 bits per heavy atom. The van der Waals surface area contributed by atoms with Crippen LogP contribution in [0, 0.1) is 6.92 Å². The van der Waals surface area contributed by atoms with Crippen molar-refractivity contribution < 1.29 is 4.74 Å². The van der Waals surface area contributed by atoms with Crippen molar-refractivity contribution in [3.05, 3.63) is 29.0 Å². The summed E-state index contributed by atoms with van der Waals surface area (Å²) in [7, 11) is 1.55. The van der Waals surface area contributed by atoms with Crippen LogP contribution in [0.4, 0.5) is 11.6 Å². The highest BCUT2D eigenvalue weighted by atomic mass is 35.5. The van der Waals surface area contributed by atoms with E-state index in [1.165, 1.54) is 0 Å². The maximum Gasteiger partial charge on any atom is 0.318 e. The fourth-order valence-corrected chi connectivity index (χ4v) is 2.79. The molecule has 1 aliphatic heterocycles. The van der Waals surface area contributed by atoms with Gasteiger partial charge >= 0.3 is 6.01 Å². The predicted octanol–water partition coefficient (Wildman–Crippen LogP) is 1.95. The van der Waals surface area contributed by atoms with Crippen LogP contribution in [-0.4, -0.2) is 53.5 Å². The topological polar surface area (TPSA) is 67.3 Å². The Kier molecular flexibility index (Phi) is 4.76. The van der Waals surface area contributed by atoms with E-state index in [0.717, 1.165) is 49.9 Å². The number of hydrogen-bond donors (Lipinski definition) is 0. The summed E-state index contributed by atoms with van der Waals surface area (Å²) in [5.41, 5.74) is 0.921. The molecular formula is C15H19ClN6O. The number of ether oxygens (including phenoxy) is 1. The predicted molar refractivity (Wildman–Crippen MR) is 89.4 cm³/mol. The molecule has 1 saturated heterocycles. The summed E-state index contributed by atoms with van der Waals surface area (Å²) in [4.78, 5) is 12.8. The molecule has 0 bridgehead atoms. The number of halogens is 1. The van der Waals surface area contributed by atoms with E-state index in [0.29, 0.717) is 11.0 Å². The van der Waals surface area contributed by atoms with Gasteiger partial charge in [0.05, 0.1) is 19.0 Å². The Hall–Kier alpha value is -2.15. The first-order valence-electron chi connectivity index (χ1n) is 7.54. The van der Waals surface area contributed by atoms with E-state index in [2.05, 4.69) is 30.0 Å². The molecule has 122 valence electrons.